The summed E-state index contributed by atoms with van der Waals surface area (Å²) in [7, 11) is 0. The van der Waals surface area contributed by atoms with E-state index in [9.17, 15) is 9.90 Å². The molecule has 0 aliphatic heterocycles. The van der Waals surface area contributed by atoms with Crippen molar-refractivity contribution >= 4 is 34.9 Å². The number of aromatic nitrogens is 1. The van der Waals surface area contributed by atoms with Gasteiger partial charge in [0.1, 0.15) is 6.61 Å². The van der Waals surface area contributed by atoms with Gasteiger partial charge in [0.15, 0.2) is 11.6 Å². The lowest BCUT2D eigenvalue weighted by Gasteiger charge is -2.12. The molecule has 24 heavy (non-hydrogen) atoms. The van der Waals surface area contributed by atoms with E-state index in [2.05, 4.69) is 10.3 Å². The molecule has 0 fully saturated rings. The SMILES string of the molecule is CC(O)CNC(=O)c1cnc(N)c(OCc2c(Cl)cccc2Cl)c1. The largest absolute Gasteiger partial charge is 0.485 e. The van der Waals surface area contributed by atoms with Crippen LogP contribution in [-0.2, 0) is 6.61 Å². The van der Waals surface area contributed by atoms with Gasteiger partial charge >= 0.3 is 0 Å². The van der Waals surface area contributed by atoms with E-state index in [-0.39, 0.29) is 36.2 Å². The number of benzene rings is 1. The molecule has 1 aromatic carbocycles. The molecule has 4 N–H and O–H groups in total. The van der Waals surface area contributed by atoms with Crippen LogP contribution in [-0.4, -0.2) is 28.6 Å². The molecule has 0 aliphatic carbocycles. The molecule has 0 saturated heterocycles. The van der Waals surface area contributed by atoms with Gasteiger partial charge in [0.2, 0.25) is 0 Å². The molecule has 0 spiro atoms. The monoisotopic (exact) mass is 369 g/mol. The second kappa shape index (κ2) is 8.19. The number of halogens is 2. The maximum Gasteiger partial charge on any atom is 0.253 e. The molecule has 0 saturated carbocycles. The molecule has 1 unspecified atom stereocenters. The summed E-state index contributed by atoms with van der Waals surface area (Å²) in [5, 5.41) is 12.7. The van der Waals surface area contributed by atoms with Crippen LogP contribution in [0.1, 0.15) is 22.8 Å². The number of nitrogens with zero attached hydrogens (tertiary/aromatic N) is 1. The number of ether oxygens (including phenoxy) is 1. The first-order valence-corrected chi connectivity index (χ1v) is 7.91. The number of aliphatic hydroxyl groups is 1. The van der Waals surface area contributed by atoms with Crippen LogP contribution < -0.4 is 15.8 Å². The summed E-state index contributed by atoms with van der Waals surface area (Å²) in [5.41, 5.74) is 6.66. The molecule has 8 heteroatoms. The van der Waals surface area contributed by atoms with Crippen molar-refractivity contribution in [2.75, 3.05) is 12.3 Å². The maximum absolute atomic E-state index is 12.0. The Balaban J connectivity index is 2.13. The predicted octanol–water partition coefficient (Wildman–Crippen LogP) is 2.66. The number of anilines is 1. The van der Waals surface area contributed by atoms with Crippen LogP contribution in [0.5, 0.6) is 5.75 Å². The van der Waals surface area contributed by atoms with Gasteiger partial charge < -0.3 is 20.9 Å². The van der Waals surface area contributed by atoms with E-state index in [4.69, 9.17) is 33.7 Å². The lowest BCUT2D eigenvalue weighted by atomic mass is 10.2. The number of rotatable bonds is 6. The number of hydrogen-bond donors (Lipinski definition) is 3. The fourth-order valence-electron chi connectivity index (χ4n) is 1.86. The van der Waals surface area contributed by atoms with Crippen molar-refractivity contribution in [2.45, 2.75) is 19.6 Å². The Labute approximate surface area is 149 Å². The predicted molar refractivity (Wildman–Crippen MR) is 93.5 cm³/mol. The average Bonchev–Trinajstić information content (AvgIpc) is 2.53. The topological polar surface area (TPSA) is 97.5 Å². The van der Waals surface area contributed by atoms with Gasteiger partial charge in [-0.3, -0.25) is 4.79 Å². The summed E-state index contributed by atoms with van der Waals surface area (Å²) in [6, 6.07) is 6.61. The standard InChI is InChI=1S/C16H17Cl2N3O3/c1-9(22)6-21-16(23)10-5-14(15(19)20-7-10)24-8-11-12(17)3-2-4-13(11)18/h2-5,7,9,22H,6,8H2,1H3,(H2,19,20)(H,21,23). The van der Waals surface area contributed by atoms with Crippen molar-refractivity contribution in [1.82, 2.24) is 10.3 Å². The smallest absolute Gasteiger partial charge is 0.253 e. The van der Waals surface area contributed by atoms with Gasteiger partial charge in [0, 0.05) is 28.4 Å². The first-order valence-electron chi connectivity index (χ1n) is 7.16. The maximum atomic E-state index is 12.0. The summed E-state index contributed by atoms with van der Waals surface area (Å²) in [6.45, 7) is 1.79. The summed E-state index contributed by atoms with van der Waals surface area (Å²) < 4.78 is 5.62. The van der Waals surface area contributed by atoms with Crippen LogP contribution in [0.15, 0.2) is 30.5 Å². The fraction of sp³-hybridized carbons (Fsp3) is 0.250. The van der Waals surface area contributed by atoms with Gasteiger partial charge in [-0.15, -0.1) is 0 Å². The summed E-state index contributed by atoms with van der Waals surface area (Å²) in [4.78, 5) is 15.9. The Bertz CT molecular complexity index is 718. The molecule has 0 radical (unpaired) electrons. The van der Waals surface area contributed by atoms with Crippen LogP contribution in [0, 0.1) is 0 Å². The summed E-state index contributed by atoms with van der Waals surface area (Å²) >= 11 is 12.2. The van der Waals surface area contributed by atoms with E-state index in [0.717, 1.165) is 0 Å². The van der Waals surface area contributed by atoms with Gasteiger partial charge in [-0.2, -0.15) is 0 Å². The van der Waals surface area contributed by atoms with E-state index in [0.29, 0.717) is 15.6 Å². The lowest BCUT2D eigenvalue weighted by Crippen LogP contribution is -2.30. The van der Waals surface area contributed by atoms with Crippen molar-refractivity contribution in [3.05, 3.63) is 51.6 Å². The van der Waals surface area contributed by atoms with Crippen LogP contribution in [0.4, 0.5) is 5.82 Å². The van der Waals surface area contributed by atoms with E-state index >= 15 is 0 Å². The molecule has 128 valence electrons. The average molecular weight is 370 g/mol. The molecular formula is C16H17Cl2N3O3. The van der Waals surface area contributed by atoms with Crippen molar-refractivity contribution in [3.8, 4) is 5.75 Å². The number of carbonyl (C=O) groups is 1. The summed E-state index contributed by atoms with van der Waals surface area (Å²) in [6.07, 6.45) is 0.691. The molecule has 0 aliphatic rings. The number of nitrogens with one attached hydrogen (secondary N) is 1. The molecule has 2 rings (SSSR count). The minimum atomic E-state index is -0.645. The zero-order chi connectivity index (χ0) is 17.7. The molecule has 6 nitrogen and oxygen atoms in total. The third-order valence-electron chi connectivity index (χ3n) is 3.14. The highest BCUT2D eigenvalue weighted by Crippen LogP contribution is 2.27. The highest BCUT2D eigenvalue weighted by molar-refractivity contribution is 6.35. The normalized spacial score (nSPS) is 11.8. The van der Waals surface area contributed by atoms with Crippen molar-refractivity contribution in [2.24, 2.45) is 0 Å². The van der Waals surface area contributed by atoms with Crippen LogP contribution in [0.3, 0.4) is 0 Å². The van der Waals surface area contributed by atoms with Gasteiger partial charge in [0.25, 0.3) is 5.91 Å². The first-order chi connectivity index (χ1) is 11.4. The Morgan fingerprint density at radius 1 is 1.42 bits per heavy atom. The van der Waals surface area contributed by atoms with Crippen molar-refractivity contribution < 1.29 is 14.6 Å². The lowest BCUT2D eigenvalue weighted by molar-refractivity contribution is 0.0923. The van der Waals surface area contributed by atoms with Crippen molar-refractivity contribution in [3.63, 3.8) is 0 Å². The first kappa shape index (κ1) is 18.3. The van der Waals surface area contributed by atoms with Gasteiger partial charge in [-0.05, 0) is 25.1 Å². The molecule has 1 aromatic heterocycles. The molecule has 2 aromatic rings. The third kappa shape index (κ3) is 4.74. The van der Waals surface area contributed by atoms with Gasteiger partial charge in [-0.25, -0.2) is 4.98 Å². The van der Waals surface area contributed by atoms with Crippen molar-refractivity contribution in [1.29, 1.82) is 0 Å². The molecule has 1 atom stereocenters. The van der Waals surface area contributed by atoms with Gasteiger partial charge in [0.05, 0.1) is 11.7 Å². The third-order valence-corrected chi connectivity index (χ3v) is 3.84. The zero-order valence-corrected chi connectivity index (χ0v) is 14.4. The number of hydrogen-bond acceptors (Lipinski definition) is 5. The minimum absolute atomic E-state index is 0.0864. The Morgan fingerprint density at radius 3 is 2.71 bits per heavy atom. The zero-order valence-electron chi connectivity index (χ0n) is 12.9. The number of carbonyl (C=O) groups excluding carboxylic acids is 1. The van der Waals surface area contributed by atoms with Crippen LogP contribution >= 0.6 is 23.2 Å². The second-order valence-electron chi connectivity index (χ2n) is 5.16. The number of amides is 1. The molecule has 0 bridgehead atoms. The Morgan fingerprint density at radius 2 is 2.08 bits per heavy atom. The Kier molecular flexibility index (Phi) is 6.25. The minimum Gasteiger partial charge on any atom is -0.485 e. The number of nitrogen functional groups attached to an aromatic ring is 1. The van der Waals surface area contributed by atoms with Crippen LogP contribution in [0.25, 0.3) is 0 Å². The quantitative estimate of drug-likeness (QED) is 0.726. The fourth-order valence-corrected chi connectivity index (χ4v) is 2.36. The molecule has 1 heterocycles. The molecular weight excluding hydrogens is 353 g/mol. The highest BCUT2D eigenvalue weighted by atomic mass is 35.5. The van der Waals surface area contributed by atoms with E-state index in [1.54, 1.807) is 25.1 Å². The van der Waals surface area contributed by atoms with Gasteiger partial charge in [-0.1, -0.05) is 29.3 Å². The second-order valence-corrected chi connectivity index (χ2v) is 5.97. The van der Waals surface area contributed by atoms with E-state index < -0.39 is 6.10 Å². The number of aliphatic hydroxyl groups excluding tert-OH is 1. The highest BCUT2D eigenvalue weighted by Gasteiger charge is 2.13. The van der Waals surface area contributed by atoms with Crippen LogP contribution in [0.2, 0.25) is 10.0 Å². The Hall–Kier alpha value is -2.02. The molecule has 1 amide bonds. The summed E-state index contributed by atoms with van der Waals surface area (Å²) in [5.74, 6) is 0.00459. The number of pyridine rings is 1. The number of nitrogens with two attached hydrogens (primary N) is 1. The van der Waals surface area contributed by atoms with E-state index in [1.165, 1.54) is 12.3 Å². The van der Waals surface area contributed by atoms with E-state index in [1.807, 2.05) is 0 Å².